The largest absolute Gasteiger partial charge is 0.378 e. The average Bonchev–Trinajstić information content (AvgIpc) is 2.69. The summed E-state index contributed by atoms with van der Waals surface area (Å²) in [7, 11) is 0. The van der Waals surface area contributed by atoms with E-state index >= 15 is 0 Å². The van der Waals surface area contributed by atoms with E-state index in [9.17, 15) is 4.79 Å². The van der Waals surface area contributed by atoms with Crippen LogP contribution >= 0.6 is 15.9 Å². The molecule has 2 nitrogen and oxygen atoms in total. The van der Waals surface area contributed by atoms with Gasteiger partial charge in [-0.1, -0.05) is 15.9 Å². The van der Waals surface area contributed by atoms with Gasteiger partial charge in [0, 0.05) is 16.6 Å². The Morgan fingerprint density at radius 3 is 2.65 bits per heavy atom. The smallest absolute Gasteiger partial charge is 0.168 e. The zero-order valence-corrected chi connectivity index (χ0v) is 12.0. The Hall–Kier alpha value is -0.670. The second-order valence-corrected chi connectivity index (χ2v) is 5.61. The number of ether oxygens (including phenoxy) is 1. The van der Waals surface area contributed by atoms with Crippen LogP contribution in [0.1, 0.15) is 34.8 Å². The molecule has 3 heteroatoms. The van der Waals surface area contributed by atoms with Crippen molar-refractivity contribution in [2.24, 2.45) is 5.92 Å². The monoisotopic (exact) mass is 296 g/mol. The summed E-state index contributed by atoms with van der Waals surface area (Å²) in [6, 6.07) is 4.00. The van der Waals surface area contributed by atoms with Crippen LogP contribution in [0, 0.1) is 19.8 Å². The summed E-state index contributed by atoms with van der Waals surface area (Å²) in [4.78, 5) is 12.4. The molecule has 0 saturated carbocycles. The highest BCUT2D eigenvalue weighted by Crippen LogP contribution is 2.28. The lowest BCUT2D eigenvalue weighted by Crippen LogP contribution is -2.22. The van der Waals surface area contributed by atoms with Crippen molar-refractivity contribution >= 4 is 21.7 Å². The molecule has 1 aromatic carbocycles. The van der Waals surface area contributed by atoms with Gasteiger partial charge in [-0.2, -0.15) is 0 Å². The average molecular weight is 297 g/mol. The molecule has 2 rings (SSSR count). The van der Waals surface area contributed by atoms with Gasteiger partial charge in [-0.3, -0.25) is 4.79 Å². The zero-order valence-electron chi connectivity index (χ0n) is 10.4. The second-order valence-electron chi connectivity index (χ2n) is 4.75. The van der Waals surface area contributed by atoms with Gasteiger partial charge < -0.3 is 4.74 Å². The number of aryl methyl sites for hydroxylation is 2. The van der Waals surface area contributed by atoms with E-state index in [1.807, 2.05) is 32.9 Å². The van der Waals surface area contributed by atoms with Crippen molar-refractivity contribution in [3.8, 4) is 0 Å². The molecule has 1 saturated heterocycles. The number of hydrogen-bond donors (Lipinski definition) is 0. The Morgan fingerprint density at radius 1 is 1.35 bits per heavy atom. The first-order chi connectivity index (χ1) is 8.00. The van der Waals surface area contributed by atoms with Crippen molar-refractivity contribution < 1.29 is 9.53 Å². The quantitative estimate of drug-likeness (QED) is 0.778. The van der Waals surface area contributed by atoms with Gasteiger partial charge >= 0.3 is 0 Å². The van der Waals surface area contributed by atoms with Crippen LogP contribution in [-0.2, 0) is 4.74 Å². The first-order valence-corrected chi connectivity index (χ1v) is 6.72. The summed E-state index contributed by atoms with van der Waals surface area (Å²) in [6.07, 6.45) is 0.889. The third-order valence-corrected chi connectivity index (χ3v) is 4.34. The van der Waals surface area contributed by atoms with Crippen LogP contribution in [0.25, 0.3) is 0 Å². The molecule has 0 bridgehead atoms. The van der Waals surface area contributed by atoms with Crippen LogP contribution in [0.4, 0.5) is 0 Å². The fourth-order valence-electron chi connectivity index (χ4n) is 2.32. The fraction of sp³-hybridized carbons (Fsp3) is 0.500. The summed E-state index contributed by atoms with van der Waals surface area (Å²) < 4.78 is 6.53. The van der Waals surface area contributed by atoms with Crippen LogP contribution in [0.15, 0.2) is 16.6 Å². The van der Waals surface area contributed by atoms with Crippen LogP contribution < -0.4 is 0 Å². The van der Waals surface area contributed by atoms with E-state index in [4.69, 9.17) is 4.74 Å². The van der Waals surface area contributed by atoms with Gasteiger partial charge in [0.05, 0.1) is 12.0 Å². The molecule has 0 aliphatic carbocycles. The Balaban J connectivity index is 2.34. The van der Waals surface area contributed by atoms with Crippen molar-refractivity contribution in [2.75, 3.05) is 6.61 Å². The van der Waals surface area contributed by atoms with Crippen LogP contribution in [0.5, 0.6) is 0 Å². The van der Waals surface area contributed by atoms with E-state index in [0.29, 0.717) is 6.61 Å². The molecule has 1 heterocycles. The minimum absolute atomic E-state index is 0.0225. The maximum absolute atomic E-state index is 12.4. The zero-order chi connectivity index (χ0) is 12.6. The van der Waals surface area contributed by atoms with Gasteiger partial charge in [0.2, 0.25) is 0 Å². The van der Waals surface area contributed by atoms with Crippen molar-refractivity contribution in [1.29, 1.82) is 0 Å². The summed E-state index contributed by atoms with van der Waals surface area (Å²) in [5, 5.41) is 0. The fourth-order valence-corrected chi connectivity index (χ4v) is 2.78. The van der Waals surface area contributed by atoms with E-state index in [0.717, 1.165) is 27.6 Å². The Labute approximate surface area is 110 Å². The Morgan fingerprint density at radius 2 is 2.06 bits per heavy atom. The number of carbonyl (C=O) groups excluding carboxylic acids is 1. The SMILES string of the molecule is Cc1cc(C(=O)C2CCOC2C)c(C)cc1Br. The molecule has 0 radical (unpaired) electrons. The molecule has 1 aromatic rings. The van der Waals surface area contributed by atoms with Crippen LogP contribution in [0.3, 0.4) is 0 Å². The molecule has 17 heavy (non-hydrogen) atoms. The summed E-state index contributed by atoms with van der Waals surface area (Å²) in [6.45, 7) is 6.68. The number of halogens is 1. The van der Waals surface area contributed by atoms with E-state index < -0.39 is 0 Å². The molecule has 0 N–H and O–H groups in total. The van der Waals surface area contributed by atoms with E-state index in [2.05, 4.69) is 15.9 Å². The molecule has 1 aliphatic heterocycles. The van der Waals surface area contributed by atoms with Crippen molar-refractivity contribution in [2.45, 2.75) is 33.3 Å². The van der Waals surface area contributed by atoms with E-state index in [1.54, 1.807) is 0 Å². The predicted molar refractivity (Wildman–Crippen MR) is 71.5 cm³/mol. The molecule has 2 unspecified atom stereocenters. The lowest BCUT2D eigenvalue weighted by atomic mass is 9.89. The number of ketones is 1. The van der Waals surface area contributed by atoms with Crippen LogP contribution in [0.2, 0.25) is 0 Å². The molecule has 1 fully saturated rings. The number of hydrogen-bond acceptors (Lipinski definition) is 2. The highest BCUT2D eigenvalue weighted by atomic mass is 79.9. The van der Waals surface area contributed by atoms with Gasteiger partial charge in [-0.05, 0) is 50.5 Å². The minimum atomic E-state index is 0.0225. The van der Waals surface area contributed by atoms with Gasteiger partial charge in [-0.25, -0.2) is 0 Å². The number of benzene rings is 1. The first kappa shape index (κ1) is 12.8. The molecule has 0 aromatic heterocycles. The normalized spacial score (nSPS) is 24.0. The lowest BCUT2D eigenvalue weighted by Gasteiger charge is -2.15. The molecule has 92 valence electrons. The third kappa shape index (κ3) is 2.45. The summed E-state index contributed by atoms with van der Waals surface area (Å²) >= 11 is 3.49. The molecule has 0 amide bonds. The maximum atomic E-state index is 12.4. The summed E-state index contributed by atoms with van der Waals surface area (Å²) in [5.41, 5.74) is 2.98. The van der Waals surface area contributed by atoms with Gasteiger partial charge in [0.25, 0.3) is 0 Å². The van der Waals surface area contributed by atoms with Crippen molar-refractivity contribution in [3.05, 3.63) is 33.3 Å². The molecule has 0 spiro atoms. The minimum Gasteiger partial charge on any atom is -0.378 e. The predicted octanol–water partition coefficient (Wildman–Crippen LogP) is 3.67. The molecular formula is C14H17BrO2. The van der Waals surface area contributed by atoms with Gasteiger partial charge in [0.15, 0.2) is 5.78 Å². The molecular weight excluding hydrogens is 280 g/mol. The Kier molecular flexibility index (Phi) is 3.69. The third-order valence-electron chi connectivity index (χ3n) is 3.48. The standard InChI is InChI=1S/C14H17BrO2/c1-8-7-13(15)9(2)6-12(8)14(16)11-4-5-17-10(11)3/h6-7,10-11H,4-5H2,1-3H3. The number of carbonyl (C=O) groups is 1. The van der Waals surface area contributed by atoms with E-state index in [1.165, 1.54) is 0 Å². The summed E-state index contributed by atoms with van der Waals surface area (Å²) in [5.74, 6) is 0.248. The second kappa shape index (κ2) is 4.91. The highest BCUT2D eigenvalue weighted by Gasteiger charge is 2.32. The molecule has 2 atom stereocenters. The lowest BCUT2D eigenvalue weighted by molar-refractivity contribution is 0.0763. The highest BCUT2D eigenvalue weighted by molar-refractivity contribution is 9.10. The van der Waals surface area contributed by atoms with Crippen LogP contribution in [-0.4, -0.2) is 18.5 Å². The van der Waals surface area contributed by atoms with Gasteiger partial charge in [0.1, 0.15) is 0 Å². The number of Topliss-reactive ketones (excluding diaryl/α,β-unsaturated/α-hetero) is 1. The van der Waals surface area contributed by atoms with Gasteiger partial charge in [-0.15, -0.1) is 0 Å². The van der Waals surface area contributed by atoms with E-state index in [-0.39, 0.29) is 17.8 Å². The maximum Gasteiger partial charge on any atom is 0.168 e. The van der Waals surface area contributed by atoms with Crippen molar-refractivity contribution in [3.63, 3.8) is 0 Å². The first-order valence-electron chi connectivity index (χ1n) is 5.93. The molecule has 1 aliphatic rings. The Bertz CT molecular complexity index is 454. The van der Waals surface area contributed by atoms with Crippen molar-refractivity contribution in [1.82, 2.24) is 0 Å². The topological polar surface area (TPSA) is 26.3 Å². The number of rotatable bonds is 2.